The number of likely N-dealkylation sites (tertiary alicyclic amines) is 1. The van der Waals surface area contributed by atoms with Crippen molar-refractivity contribution in [1.29, 1.82) is 0 Å². The highest BCUT2D eigenvalue weighted by Crippen LogP contribution is 2.13. The highest BCUT2D eigenvalue weighted by atomic mass is 35.5. The zero-order chi connectivity index (χ0) is 15.2. The molecule has 1 aliphatic heterocycles. The van der Waals surface area contributed by atoms with E-state index >= 15 is 0 Å². The van der Waals surface area contributed by atoms with E-state index in [1.165, 1.54) is 6.07 Å². The molecule has 1 fully saturated rings. The van der Waals surface area contributed by atoms with Gasteiger partial charge in [0.25, 0.3) is 5.91 Å². The molecule has 21 heavy (non-hydrogen) atoms. The summed E-state index contributed by atoms with van der Waals surface area (Å²) < 4.78 is 4.85. The SMILES string of the molecule is CCOC(=O)NC1CCCN(C(=O)c2ccc(Cl)nn2)C1. The number of halogens is 1. The van der Waals surface area contributed by atoms with E-state index < -0.39 is 6.09 Å². The Morgan fingerprint density at radius 2 is 2.29 bits per heavy atom. The molecule has 1 saturated heterocycles. The molecule has 1 aromatic heterocycles. The van der Waals surface area contributed by atoms with Crippen molar-refractivity contribution in [2.75, 3.05) is 19.7 Å². The Morgan fingerprint density at radius 1 is 1.48 bits per heavy atom. The second-order valence-corrected chi connectivity index (χ2v) is 5.08. The number of carbonyl (C=O) groups excluding carboxylic acids is 2. The van der Waals surface area contributed by atoms with Crippen molar-refractivity contribution >= 4 is 23.6 Å². The van der Waals surface area contributed by atoms with Gasteiger partial charge in [0.15, 0.2) is 10.8 Å². The number of carbonyl (C=O) groups is 2. The molecule has 1 unspecified atom stereocenters. The average molecular weight is 313 g/mol. The first-order chi connectivity index (χ1) is 10.1. The Kier molecular flexibility index (Phi) is 5.32. The highest BCUT2D eigenvalue weighted by molar-refractivity contribution is 6.29. The maximum atomic E-state index is 12.3. The van der Waals surface area contributed by atoms with Crippen molar-refractivity contribution in [2.24, 2.45) is 0 Å². The van der Waals surface area contributed by atoms with Gasteiger partial charge in [-0.2, -0.15) is 0 Å². The smallest absolute Gasteiger partial charge is 0.407 e. The number of piperidine rings is 1. The predicted molar refractivity (Wildman–Crippen MR) is 76.1 cm³/mol. The lowest BCUT2D eigenvalue weighted by Gasteiger charge is -2.32. The third-order valence-electron chi connectivity index (χ3n) is 3.16. The molecule has 2 amide bonds. The van der Waals surface area contributed by atoms with Crippen LogP contribution in [-0.2, 0) is 4.74 Å². The summed E-state index contributed by atoms with van der Waals surface area (Å²) in [5.74, 6) is -0.213. The lowest BCUT2D eigenvalue weighted by molar-refractivity contribution is 0.0679. The number of aromatic nitrogens is 2. The van der Waals surface area contributed by atoms with Gasteiger partial charge < -0.3 is 15.0 Å². The van der Waals surface area contributed by atoms with E-state index in [0.717, 1.165) is 12.8 Å². The van der Waals surface area contributed by atoms with Crippen LogP contribution in [0.5, 0.6) is 0 Å². The molecule has 8 heteroatoms. The van der Waals surface area contributed by atoms with Crippen LogP contribution < -0.4 is 5.32 Å². The first-order valence-electron chi connectivity index (χ1n) is 6.82. The van der Waals surface area contributed by atoms with Gasteiger partial charge in [-0.3, -0.25) is 4.79 Å². The summed E-state index contributed by atoms with van der Waals surface area (Å²) in [7, 11) is 0. The summed E-state index contributed by atoms with van der Waals surface area (Å²) in [6, 6.07) is 2.96. The molecule has 0 aromatic carbocycles. The van der Waals surface area contributed by atoms with Gasteiger partial charge in [0.05, 0.1) is 6.61 Å². The van der Waals surface area contributed by atoms with Crippen molar-refractivity contribution in [1.82, 2.24) is 20.4 Å². The lowest BCUT2D eigenvalue weighted by atomic mass is 10.1. The molecule has 1 aliphatic rings. The summed E-state index contributed by atoms with van der Waals surface area (Å²) in [5.41, 5.74) is 0.246. The summed E-state index contributed by atoms with van der Waals surface area (Å²) in [6.07, 6.45) is 1.17. The van der Waals surface area contributed by atoms with Gasteiger partial charge in [0, 0.05) is 19.1 Å². The van der Waals surface area contributed by atoms with E-state index in [2.05, 4.69) is 15.5 Å². The fourth-order valence-electron chi connectivity index (χ4n) is 2.21. The van der Waals surface area contributed by atoms with Gasteiger partial charge >= 0.3 is 6.09 Å². The van der Waals surface area contributed by atoms with Gasteiger partial charge in [-0.25, -0.2) is 4.79 Å². The molecular weight excluding hydrogens is 296 g/mol. The molecule has 0 aliphatic carbocycles. The highest BCUT2D eigenvalue weighted by Gasteiger charge is 2.26. The number of amides is 2. The first kappa shape index (κ1) is 15.5. The zero-order valence-electron chi connectivity index (χ0n) is 11.7. The van der Waals surface area contributed by atoms with Crippen molar-refractivity contribution < 1.29 is 14.3 Å². The Labute approximate surface area is 127 Å². The maximum absolute atomic E-state index is 12.3. The second-order valence-electron chi connectivity index (χ2n) is 4.70. The number of hydrogen-bond acceptors (Lipinski definition) is 5. The fourth-order valence-corrected chi connectivity index (χ4v) is 2.31. The lowest BCUT2D eigenvalue weighted by Crippen LogP contribution is -2.49. The standard InChI is InChI=1S/C13H17ClN4O3/c1-2-21-13(20)15-9-4-3-7-18(8-9)12(19)10-5-6-11(14)17-16-10/h5-6,9H,2-4,7-8H2,1H3,(H,15,20). The molecule has 1 N–H and O–H groups in total. The minimum absolute atomic E-state index is 0.109. The van der Waals surface area contributed by atoms with Crippen LogP contribution in [0.3, 0.4) is 0 Å². The Balaban J connectivity index is 1.95. The van der Waals surface area contributed by atoms with Gasteiger partial charge in [0.2, 0.25) is 0 Å². The largest absolute Gasteiger partial charge is 0.450 e. The molecule has 2 heterocycles. The minimum atomic E-state index is -0.455. The topological polar surface area (TPSA) is 84.4 Å². The third kappa shape index (κ3) is 4.29. The van der Waals surface area contributed by atoms with Crippen LogP contribution in [0.1, 0.15) is 30.3 Å². The predicted octanol–water partition coefficient (Wildman–Crippen LogP) is 1.48. The molecule has 0 bridgehead atoms. The number of rotatable bonds is 3. The normalized spacial score (nSPS) is 18.2. The molecule has 0 radical (unpaired) electrons. The van der Waals surface area contributed by atoms with Gasteiger partial charge in [-0.15, -0.1) is 10.2 Å². The Bertz CT molecular complexity index is 509. The molecule has 1 atom stereocenters. The number of nitrogens with one attached hydrogen (secondary N) is 1. The molecule has 0 saturated carbocycles. The molecule has 1 aromatic rings. The van der Waals surface area contributed by atoms with E-state index in [1.807, 2.05) is 0 Å². The molecule has 114 valence electrons. The maximum Gasteiger partial charge on any atom is 0.407 e. The summed E-state index contributed by atoms with van der Waals surface area (Å²) in [5, 5.41) is 10.4. The Hall–Kier alpha value is -1.89. The quantitative estimate of drug-likeness (QED) is 0.914. The average Bonchev–Trinajstić information content (AvgIpc) is 2.48. The van der Waals surface area contributed by atoms with E-state index in [4.69, 9.17) is 16.3 Å². The van der Waals surface area contributed by atoms with Crippen LogP contribution in [0.4, 0.5) is 4.79 Å². The van der Waals surface area contributed by atoms with Gasteiger partial charge in [0.1, 0.15) is 0 Å². The second kappa shape index (κ2) is 7.21. The first-order valence-corrected chi connectivity index (χ1v) is 7.19. The van der Waals surface area contributed by atoms with E-state index in [1.54, 1.807) is 17.9 Å². The van der Waals surface area contributed by atoms with E-state index in [-0.39, 0.29) is 22.8 Å². The summed E-state index contributed by atoms with van der Waals surface area (Å²) >= 11 is 5.65. The van der Waals surface area contributed by atoms with Crippen LogP contribution in [0.25, 0.3) is 0 Å². The van der Waals surface area contributed by atoms with E-state index in [0.29, 0.717) is 19.7 Å². The van der Waals surface area contributed by atoms with Crippen molar-refractivity contribution in [2.45, 2.75) is 25.8 Å². The molecule has 2 rings (SSSR count). The Morgan fingerprint density at radius 3 is 2.95 bits per heavy atom. The minimum Gasteiger partial charge on any atom is -0.450 e. The number of alkyl carbamates (subject to hydrolysis) is 1. The fraction of sp³-hybridized carbons (Fsp3) is 0.538. The van der Waals surface area contributed by atoms with Crippen LogP contribution in [0, 0.1) is 0 Å². The van der Waals surface area contributed by atoms with Crippen LogP contribution in [0.15, 0.2) is 12.1 Å². The number of hydrogen-bond donors (Lipinski definition) is 1. The summed E-state index contributed by atoms with van der Waals surface area (Å²) in [4.78, 5) is 25.4. The van der Waals surface area contributed by atoms with E-state index in [9.17, 15) is 9.59 Å². The van der Waals surface area contributed by atoms with Crippen LogP contribution in [-0.4, -0.2) is 52.8 Å². The number of nitrogens with zero attached hydrogens (tertiary/aromatic N) is 3. The van der Waals surface area contributed by atoms with Crippen molar-refractivity contribution in [3.63, 3.8) is 0 Å². The zero-order valence-corrected chi connectivity index (χ0v) is 12.5. The van der Waals surface area contributed by atoms with Gasteiger partial charge in [-0.1, -0.05) is 11.6 Å². The summed E-state index contributed by atoms with van der Waals surface area (Å²) in [6.45, 7) is 3.13. The van der Waals surface area contributed by atoms with Crippen LogP contribution in [0.2, 0.25) is 5.15 Å². The molecule has 7 nitrogen and oxygen atoms in total. The van der Waals surface area contributed by atoms with Gasteiger partial charge in [-0.05, 0) is 31.9 Å². The number of ether oxygens (including phenoxy) is 1. The molecular formula is C13H17ClN4O3. The third-order valence-corrected chi connectivity index (χ3v) is 3.36. The van der Waals surface area contributed by atoms with Crippen LogP contribution >= 0.6 is 11.6 Å². The monoisotopic (exact) mass is 312 g/mol. The van der Waals surface area contributed by atoms with Crippen molar-refractivity contribution in [3.05, 3.63) is 23.0 Å². The molecule has 0 spiro atoms. The van der Waals surface area contributed by atoms with Crippen molar-refractivity contribution in [3.8, 4) is 0 Å².